The molecule has 3 N–H and O–H groups in total. The number of hydrogen-bond acceptors (Lipinski definition) is 5. The van der Waals surface area contributed by atoms with Crippen LogP contribution in [0, 0.1) is 0 Å². The first-order valence-electron chi connectivity index (χ1n) is 6.41. The van der Waals surface area contributed by atoms with Gasteiger partial charge in [0.15, 0.2) is 11.5 Å². The predicted octanol–water partition coefficient (Wildman–Crippen LogP) is 0.579. The van der Waals surface area contributed by atoms with Gasteiger partial charge < -0.3 is 25.0 Å². The maximum atomic E-state index is 9.09. The van der Waals surface area contributed by atoms with E-state index in [9.17, 15) is 0 Å². The lowest BCUT2D eigenvalue weighted by atomic mass is 10.1. The largest absolute Gasteiger partial charge is 0.493 e. The molecule has 1 atom stereocenters. The Bertz CT molecular complexity index is 370. The first-order valence-corrected chi connectivity index (χ1v) is 6.41. The monoisotopic (exact) mass is 269 g/mol. The maximum Gasteiger partial charge on any atom is 0.160 e. The standard InChI is InChI=1S/C14H23NO4/c1-18-13-4-3-11(9-14(13)19-2)5-7-15-12(10-17)6-8-16/h3-4,9,12,15-17H,5-8,10H2,1-2H3. The molecule has 0 aromatic heterocycles. The summed E-state index contributed by atoms with van der Waals surface area (Å²) in [5.41, 5.74) is 1.13. The van der Waals surface area contributed by atoms with Gasteiger partial charge in [0.2, 0.25) is 0 Å². The second-order valence-corrected chi connectivity index (χ2v) is 4.29. The zero-order valence-corrected chi connectivity index (χ0v) is 11.6. The molecule has 1 rings (SSSR count). The zero-order chi connectivity index (χ0) is 14.1. The summed E-state index contributed by atoms with van der Waals surface area (Å²) >= 11 is 0. The van der Waals surface area contributed by atoms with E-state index in [2.05, 4.69) is 5.32 Å². The van der Waals surface area contributed by atoms with E-state index in [-0.39, 0.29) is 19.3 Å². The van der Waals surface area contributed by atoms with Crippen molar-refractivity contribution in [1.82, 2.24) is 5.32 Å². The van der Waals surface area contributed by atoms with Crippen LogP contribution in [0.3, 0.4) is 0 Å². The molecule has 0 aliphatic rings. The highest BCUT2D eigenvalue weighted by Gasteiger charge is 2.07. The van der Waals surface area contributed by atoms with Crippen molar-refractivity contribution in [2.45, 2.75) is 18.9 Å². The van der Waals surface area contributed by atoms with Gasteiger partial charge in [-0.15, -0.1) is 0 Å². The Hall–Kier alpha value is -1.30. The van der Waals surface area contributed by atoms with E-state index in [1.54, 1.807) is 14.2 Å². The molecule has 0 aliphatic carbocycles. The first kappa shape index (κ1) is 15.8. The van der Waals surface area contributed by atoms with Gasteiger partial charge in [0.05, 0.1) is 20.8 Å². The molecular weight excluding hydrogens is 246 g/mol. The van der Waals surface area contributed by atoms with E-state index < -0.39 is 0 Å². The van der Waals surface area contributed by atoms with E-state index in [1.807, 2.05) is 18.2 Å². The minimum Gasteiger partial charge on any atom is -0.493 e. The molecule has 5 nitrogen and oxygen atoms in total. The van der Waals surface area contributed by atoms with E-state index in [0.29, 0.717) is 17.9 Å². The third-order valence-corrected chi connectivity index (χ3v) is 2.99. The highest BCUT2D eigenvalue weighted by atomic mass is 16.5. The molecule has 0 spiro atoms. The van der Waals surface area contributed by atoms with Crippen LogP contribution < -0.4 is 14.8 Å². The number of aliphatic hydroxyl groups is 2. The number of hydrogen-bond donors (Lipinski definition) is 3. The zero-order valence-electron chi connectivity index (χ0n) is 11.6. The van der Waals surface area contributed by atoms with E-state index >= 15 is 0 Å². The van der Waals surface area contributed by atoms with E-state index in [4.69, 9.17) is 19.7 Å². The van der Waals surface area contributed by atoms with E-state index in [0.717, 1.165) is 18.5 Å². The normalized spacial score (nSPS) is 12.2. The fraction of sp³-hybridized carbons (Fsp3) is 0.571. The van der Waals surface area contributed by atoms with Gasteiger partial charge >= 0.3 is 0 Å². The van der Waals surface area contributed by atoms with Crippen LogP contribution in [0.5, 0.6) is 11.5 Å². The number of rotatable bonds is 9. The third-order valence-electron chi connectivity index (χ3n) is 2.99. The van der Waals surface area contributed by atoms with Crippen molar-refractivity contribution < 1.29 is 19.7 Å². The van der Waals surface area contributed by atoms with Crippen molar-refractivity contribution in [2.75, 3.05) is 34.0 Å². The summed E-state index contributed by atoms with van der Waals surface area (Å²) in [6.07, 6.45) is 1.38. The molecule has 1 unspecified atom stereocenters. The SMILES string of the molecule is COc1ccc(CCNC(CO)CCO)cc1OC. The van der Waals surface area contributed by atoms with Crippen LogP contribution in [0.4, 0.5) is 0 Å². The minimum absolute atomic E-state index is 0.0342. The molecule has 0 amide bonds. The molecule has 0 aliphatic heterocycles. The van der Waals surface area contributed by atoms with Crippen molar-refractivity contribution in [3.63, 3.8) is 0 Å². The highest BCUT2D eigenvalue weighted by molar-refractivity contribution is 5.42. The van der Waals surface area contributed by atoms with Crippen molar-refractivity contribution in [3.05, 3.63) is 23.8 Å². The summed E-state index contributed by atoms with van der Waals surface area (Å²) in [5, 5.41) is 21.1. The lowest BCUT2D eigenvalue weighted by molar-refractivity contribution is 0.201. The molecule has 0 saturated carbocycles. The molecule has 0 bridgehead atoms. The lowest BCUT2D eigenvalue weighted by Crippen LogP contribution is -2.34. The van der Waals surface area contributed by atoms with Crippen LogP contribution in [-0.4, -0.2) is 50.2 Å². The quantitative estimate of drug-likeness (QED) is 0.612. The molecule has 1 aromatic rings. The molecule has 19 heavy (non-hydrogen) atoms. The van der Waals surface area contributed by atoms with Crippen LogP contribution in [0.2, 0.25) is 0 Å². The van der Waals surface area contributed by atoms with E-state index in [1.165, 1.54) is 0 Å². The summed E-state index contributed by atoms with van der Waals surface area (Å²) in [7, 11) is 3.22. The van der Waals surface area contributed by atoms with Gasteiger partial charge in [-0.25, -0.2) is 0 Å². The Morgan fingerprint density at radius 1 is 1.16 bits per heavy atom. The van der Waals surface area contributed by atoms with Gasteiger partial charge in [0.1, 0.15) is 0 Å². The topological polar surface area (TPSA) is 71.0 Å². The van der Waals surface area contributed by atoms with Gasteiger partial charge in [0.25, 0.3) is 0 Å². The van der Waals surface area contributed by atoms with Crippen LogP contribution in [0.1, 0.15) is 12.0 Å². The Labute approximate surface area is 114 Å². The van der Waals surface area contributed by atoms with Crippen molar-refractivity contribution >= 4 is 0 Å². The number of aliphatic hydroxyl groups excluding tert-OH is 2. The third kappa shape index (κ3) is 5.06. The summed E-state index contributed by atoms with van der Waals surface area (Å²) in [5.74, 6) is 1.43. The van der Waals surface area contributed by atoms with Gasteiger partial charge in [-0.2, -0.15) is 0 Å². The summed E-state index contributed by atoms with van der Waals surface area (Å²) in [4.78, 5) is 0. The smallest absolute Gasteiger partial charge is 0.160 e. The molecule has 0 heterocycles. The van der Waals surface area contributed by atoms with Crippen molar-refractivity contribution in [2.24, 2.45) is 0 Å². The summed E-state index contributed by atoms with van der Waals surface area (Å²) in [6.45, 7) is 0.849. The molecule has 0 fully saturated rings. The Kier molecular flexibility index (Phi) is 7.25. The molecular formula is C14H23NO4. The highest BCUT2D eigenvalue weighted by Crippen LogP contribution is 2.27. The maximum absolute atomic E-state index is 9.09. The molecule has 5 heteroatoms. The fourth-order valence-electron chi connectivity index (χ4n) is 1.87. The average Bonchev–Trinajstić information content (AvgIpc) is 2.46. The molecule has 1 aromatic carbocycles. The number of nitrogens with one attached hydrogen (secondary N) is 1. The van der Waals surface area contributed by atoms with Crippen LogP contribution in [-0.2, 0) is 6.42 Å². The van der Waals surface area contributed by atoms with Crippen molar-refractivity contribution in [3.8, 4) is 11.5 Å². The lowest BCUT2D eigenvalue weighted by Gasteiger charge is -2.15. The van der Waals surface area contributed by atoms with Crippen LogP contribution in [0.25, 0.3) is 0 Å². The van der Waals surface area contributed by atoms with Gasteiger partial charge in [-0.05, 0) is 37.1 Å². The fourth-order valence-corrected chi connectivity index (χ4v) is 1.87. The molecule has 0 saturated heterocycles. The second-order valence-electron chi connectivity index (χ2n) is 4.29. The van der Waals surface area contributed by atoms with Gasteiger partial charge in [-0.3, -0.25) is 0 Å². The molecule has 108 valence electrons. The summed E-state index contributed by atoms with van der Waals surface area (Å²) in [6, 6.07) is 5.76. The van der Waals surface area contributed by atoms with Gasteiger partial charge in [-0.1, -0.05) is 6.07 Å². The van der Waals surface area contributed by atoms with Crippen LogP contribution in [0.15, 0.2) is 18.2 Å². The van der Waals surface area contributed by atoms with Gasteiger partial charge in [0, 0.05) is 12.6 Å². The van der Waals surface area contributed by atoms with Crippen LogP contribution >= 0.6 is 0 Å². The minimum atomic E-state index is -0.0508. The molecule has 0 radical (unpaired) electrons. The average molecular weight is 269 g/mol. The Morgan fingerprint density at radius 2 is 1.89 bits per heavy atom. The second kappa shape index (κ2) is 8.74. The number of methoxy groups -OCH3 is 2. The Morgan fingerprint density at radius 3 is 2.47 bits per heavy atom. The number of ether oxygens (including phenoxy) is 2. The Balaban J connectivity index is 2.49. The first-order chi connectivity index (χ1) is 9.24. The predicted molar refractivity (Wildman–Crippen MR) is 73.8 cm³/mol. The summed E-state index contributed by atoms with van der Waals surface area (Å²) < 4.78 is 10.4. The van der Waals surface area contributed by atoms with Crippen molar-refractivity contribution in [1.29, 1.82) is 0 Å². The number of benzene rings is 1.